The van der Waals surface area contributed by atoms with E-state index in [-0.39, 0.29) is 18.8 Å². The zero-order chi connectivity index (χ0) is 15.4. The molecule has 112 valence electrons. The molecule has 0 amide bonds. The normalized spacial score (nSPS) is 22.2. The minimum Gasteiger partial charge on any atom is -0.249 e. The smallest absolute Gasteiger partial charge is 0.219 e. The van der Waals surface area contributed by atoms with Crippen LogP contribution in [0.2, 0.25) is 32.7 Å². The third-order valence-corrected chi connectivity index (χ3v) is 16.1. The maximum Gasteiger partial charge on any atom is 0.219 e. The zero-order valence-corrected chi connectivity index (χ0v) is 17.7. The van der Waals surface area contributed by atoms with Crippen molar-refractivity contribution in [3.8, 4) is 5.25 Å². The lowest BCUT2D eigenvalue weighted by Gasteiger charge is -2.65. The third-order valence-electron chi connectivity index (χ3n) is 3.12. The van der Waals surface area contributed by atoms with E-state index < -0.39 is 16.5 Å². The number of nitrogens with zero attached hydrogens (tertiary/aromatic N) is 2. The molecule has 0 atom stereocenters. The highest BCUT2D eigenvalue weighted by Gasteiger charge is 2.58. The summed E-state index contributed by atoms with van der Waals surface area (Å²) in [5, 5.41) is 4.01. The van der Waals surface area contributed by atoms with Crippen LogP contribution < -0.4 is 0 Å². The molecule has 19 heavy (non-hydrogen) atoms. The summed E-state index contributed by atoms with van der Waals surface area (Å²) in [5.74, 6) is 0. The molecule has 0 aromatic rings. The minimum absolute atomic E-state index is 0.260. The molecule has 0 bridgehead atoms. The Morgan fingerprint density at radius 2 is 1.16 bits per heavy atom. The van der Waals surface area contributed by atoms with Crippen LogP contribution in [0, 0.1) is 5.25 Å². The summed E-state index contributed by atoms with van der Waals surface area (Å²) < 4.78 is 5.64. The number of rotatable bonds is 0. The molecule has 1 fully saturated rings. The van der Waals surface area contributed by atoms with Crippen molar-refractivity contribution in [3.05, 3.63) is 0 Å². The Morgan fingerprint density at radius 3 is 1.37 bits per heavy atom. The molecule has 0 spiro atoms. The highest BCUT2D eigenvalue weighted by Crippen LogP contribution is 2.58. The standard InChI is InChI=1S/C14H33N2PSi2/c1-13(2,3)15-17(12-18(7,8)9)16(14(4,5)6)19(15,10)11/h1-11H3. The predicted molar refractivity (Wildman–Crippen MR) is 94.8 cm³/mol. The quantitative estimate of drug-likeness (QED) is 0.456. The Hall–Kier alpha value is 0.434. The van der Waals surface area contributed by atoms with Gasteiger partial charge in [0.1, 0.15) is 8.07 Å². The van der Waals surface area contributed by atoms with Crippen molar-refractivity contribution in [1.82, 2.24) is 8.67 Å². The van der Waals surface area contributed by atoms with E-state index in [1.165, 1.54) is 0 Å². The van der Waals surface area contributed by atoms with Gasteiger partial charge in [-0.15, -0.1) is 5.25 Å². The first kappa shape index (κ1) is 17.5. The van der Waals surface area contributed by atoms with Crippen LogP contribution in [0.1, 0.15) is 41.5 Å². The third kappa shape index (κ3) is 3.55. The minimum atomic E-state index is -1.49. The summed E-state index contributed by atoms with van der Waals surface area (Å²) in [6.07, 6.45) is 0. The monoisotopic (exact) mass is 316 g/mol. The fourth-order valence-electron chi connectivity index (χ4n) is 3.22. The van der Waals surface area contributed by atoms with Crippen molar-refractivity contribution in [3.63, 3.8) is 0 Å². The van der Waals surface area contributed by atoms with Crippen molar-refractivity contribution in [2.75, 3.05) is 0 Å². The van der Waals surface area contributed by atoms with Crippen LogP contribution in [0.3, 0.4) is 0 Å². The Morgan fingerprint density at radius 1 is 0.842 bits per heavy atom. The Balaban J connectivity index is 3.40. The maximum absolute atomic E-state index is 4.01. The molecule has 1 heterocycles. The first-order chi connectivity index (χ1) is 8.08. The van der Waals surface area contributed by atoms with Crippen LogP contribution in [-0.4, -0.2) is 36.2 Å². The first-order valence-corrected chi connectivity index (χ1v) is 14.9. The lowest BCUT2D eigenvalue weighted by atomic mass is 10.1. The van der Waals surface area contributed by atoms with Gasteiger partial charge in [-0.1, -0.05) is 19.6 Å². The van der Waals surface area contributed by atoms with Gasteiger partial charge in [0.15, 0.2) is 0 Å². The van der Waals surface area contributed by atoms with Crippen LogP contribution in [0.15, 0.2) is 0 Å². The second-order valence-electron chi connectivity index (χ2n) is 9.11. The van der Waals surface area contributed by atoms with Gasteiger partial charge in [0.2, 0.25) is 8.40 Å². The summed E-state index contributed by atoms with van der Waals surface area (Å²) in [6.45, 7) is 26.4. The van der Waals surface area contributed by atoms with Gasteiger partial charge in [-0.2, -0.15) is 0 Å². The average molecular weight is 317 g/mol. The van der Waals surface area contributed by atoms with Crippen LogP contribution in [0.5, 0.6) is 0 Å². The Kier molecular flexibility index (Phi) is 4.35. The molecule has 2 nitrogen and oxygen atoms in total. The second-order valence-corrected chi connectivity index (χ2v) is 20.5. The molecule has 5 heteroatoms. The molecule has 0 radical (unpaired) electrons. The highest BCUT2D eigenvalue weighted by molar-refractivity contribution is 7.54. The SMILES string of the molecule is CC(C)(C)N1P(#C[Si](C)(C)C)N(C(C)(C)C)[Si]1(C)C. The van der Waals surface area contributed by atoms with Gasteiger partial charge in [-0.05, 0) is 54.6 Å². The van der Waals surface area contributed by atoms with E-state index in [4.69, 9.17) is 0 Å². The van der Waals surface area contributed by atoms with E-state index in [1.807, 2.05) is 0 Å². The van der Waals surface area contributed by atoms with E-state index in [1.54, 1.807) is 0 Å². The largest absolute Gasteiger partial charge is 0.249 e. The van der Waals surface area contributed by atoms with Gasteiger partial charge in [0.25, 0.3) is 0 Å². The molecule has 0 unspecified atom stereocenters. The Labute approximate surface area is 123 Å². The molecule has 0 saturated carbocycles. The molecular weight excluding hydrogens is 283 g/mol. The Bertz CT molecular complexity index is 411. The fourth-order valence-corrected chi connectivity index (χ4v) is 16.3. The first-order valence-electron chi connectivity index (χ1n) is 7.27. The van der Waals surface area contributed by atoms with Crippen molar-refractivity contribution in [2.45, 2.75) is 85.4 Å². The number of hydrogen-bond donors (Lipinski definition) is 0. The summed E-state index contributed by atoms with van der Waals surface area (Å²) in [4.78, 5) is 0. The van der Waals surface area contributed by atoms with Gasteiger partial charge in [0, 0.05) is 18.8 Å². The van der Waals surface area contributed by atoms with Crippen LogP contribution in [0.4, 0.5) is 0 Å². The summed E-state index contributed by atoms with van der Waals surface area (Å²) in [7, 11) is -3.10. The summed E-state index contributed by atoms with van der Waals surface area (Å²) in [6, 6.07) is 0. The predicted octanol–water partition coefficient (Wildman–Crippen LogP) is 5.05. The number of hydrogen-bond acceptors (Lipinski definition) is 2. The van der Waals surface area contributed by atoms with Crippen LogP contribution in [-0.2, 0) is 0 Å². The molecule has 0 aromatic carbocycles. The van der Waals surface area contributed by atoms with Crippen LogP contribution >= 0.6 is 7.68 Å². The van der Waals surface area contributed by atoms with Gasteiger partial charge >= 0.3 is 0 Å². The van der Waals surface area contributed by atoms with Gasteiger partial charge in [0.05, 0.1) is 0 Å². The highest BCUT2D eigenvalue weighted by atomic mass is 31.1. The second kappa shape index (κ2) is 4.73. The maximum atomic E-state index is 4.01. The van der Waals surface area contributed by atoms with Crippen LogP contribution in [0.25, 0.3) is 0 Å². The molecule has 1 rings (SSSR count). The van der Waals surface area contributed by atoms with Crippen molar-refractivity contribution in [1.29, 1.82) is 0 Å². The van der Waals surface area contributed by atoms with E-state index in [0.717, 1.165) is 0 Å². The van der Waals surface area contributed by atoms with E-state index in [9.17, 15) is 0 Å². The molecular formula is C14H33N2PSi2. The molecule has 0 aromatic heterocycles. The zero-order valence-electron chi connectivity index (χ0n) is 14.8. The summed E-state index contributed by atoms with van der Waals surface area (Å²) >= 11 is 0. The molecule has 1 saturated heterocycles. The van der Waals surface area contributed by atoms with Gasteiger partial charge in [-0.3, -0.25) is 0 Å². The van der Waals surface area contributed by atoms with Crippen molar-refractivity contribution >= 4 is 24.1 Å². The van der Waals surface area contributed by atoms with E-state index in [2.05, 4.69) is 88.2 Å². The van der Waals surface area contributed by atoms with Gasteiger partial charge < -0.3 is 0 Å². The summed E-state index contributed by atoms with van der Waals surface area (Å²) in [5.41, 5.74) is 0.519. The topological polar surface area (TPSA) is 6.48 Å². The lowest BCUT2D eigenvalue weighted by molar-refractivity contribution is 0.247. The fraction of sp³-hybridized carbons (Fsp3) is 0.929. The molecule has 1 aliphatic heterocycles. The molecule has 0 aliphatic carbocycles. The average Bonchev–Trinajstić information content (AvgIpc) is 1.90. The lowest BCUT2D eigenvalue weighted by Crippen LogP contribution is -2.75. The van der Waals surface area contributed by atoms with Crippen molar-refractivity contribution in [2.24, 2.45) is 0 Å². The van der Waals surface area contributed by atoms with Crippen molar-refractivity contribution < 1.29 is 0 Å². The molecule has 0 N–H and O–H groups in total. The van der Waals surface area contributed by atoms with Gasteiger partial charge in [-0.25, -0.2) is 8.67 Å². The van der Waals surface area contributed by atoms with E-state index >= 15 is 0 Å². The van der Waals surface area contributed by atoms with E-state index in [0.29, 0.717) is 0 Å². The molecule has 1 aliphatic rings.